The number of nitrogens with zero attached hydrogens (tertiary/aromatic N) is 1. The lowest BCUT2D eigenvalue weighted by Crippen LogP contribution is -2.20. The van der Waals surface area contributed by atoms with E-state index in [1.165, 1.54) is 11.1 Å². The lowest BCUT2D eigenvalue weighted by molar-refractivity contribution is 0.312. The molecule has 3 nitrogen and oxygen atoms in total. The van der Waals surface area contributed by atoms with E-state index in [9.17, 15) is 0 Å². The normalized spacial score (nSPS) is 11.7. The number of nitrogens with one attached hydrogen (secondary N) is 1. The Morgan fingerprint density at radius 1 is 1.21 bits per heavy atom. The van der Waals surface area contributed by atoms with Crippen LogP contribution in [0.3, 0.4) is 0 Å². The molecular formula is C20H23ClN2O. The first-order valence-corrected chi connectivity index (χ1v) is 8.68. The SMILES string of the molecule is CCC(NCc1cccc(OCCCC#N)c1)c1cccc(Cl)c1. The Morgan fingerprint density at radius 3 is 2.79 bits per heavy atom. The van der Waals surface area contributed by atoms with Gasteiger partial charge in [-0.3, -0.25) is 0 Å². The minimum atomic E-state index is 0.268. The summed E-state index contributed by atoms with van der Waals surface area (Å²) >= 11 is 6.09. The van der Waals surface area contributed by atoms with Crippen molar-refractivity contribution in [1.29, 1.82) is 5.26 Å². The van der Waals surface area contributed by atoms with Gasteiger partial charge in [-0.1, -0.05) is 42.8 Å². The number of halogens is 1. The van der Waals surface area contributed by atoms with Crippen molar-refractivity contribution >= 4 is 11.6 Å². The molecule has 0 bridgehead atoms. The third-order valence-corrected chi connectivity index (χ3v) is 4.05. The summed E-state index contributed by atoms with van der Waals surface area (Å²) in [5.41, 5.74) is 2.38. The molecule has 2 aromatic rings. The first-order chi connectivity index (χ1) is 11.7. The average Bonchev–Trinajstić information content (AvgIpc) is 2.60. The van der Waals surface area contributed by atoms with Gasteiger partial charge < -0.3 is 10.1 Å². The van der Waals surface area contributed by atoms with Gasteiger partial charge in [-0.05, 0) is 48.2 Å². The molecule has 24 heavy (non-hydrogen) atoms. The Kier molecular flexibility index (Phi) is 7.61. The van der Waals surface area contributed by atoms with Gasteiger partial charge in [0.2, 0.25) is 0 Å². The van der Waals surface area contributed by atoms with Crippen LogP contribution in [0.5, 0.6) is 5.75 Å². The number of unbranched alkanes of at least 4 members (excludes halogenated alkanes) is 1. The number of hydrogen-bond donors (Lipinski definition) is 1. The minimum Gasteiger partial charge on any atom is -0.494 e. The van der Waals surface area contributed by atoms with Crippen LogP contribution < -0.4 is 10.1 Å². The fourth-order valence-corrected chi connectivity index (χ4v) is 2.75. The van der Waals surface area contributed by atoms with E-state index in [4.69, 9.17) is 21.6 Å². The Bertz CT molecular complexity index is 681. The van der Waals surface area contributed by atoms with Crippen molar-refractivity contribution in [3.05, 3.63) is 64.7 Å². The Morgan fingerprint density at radius 2 is 2.04 bits per heavy atom. The summed E-state index contributed by atoms with van der Waals surface area (Å²) in [6.45, 7) is 3.50. The molecule has 0 aliphatic carbocycles. The molecule has 1 atom stereocenters. The average molecular weight is 343 g/mol. The van der Waals surface area contributed by atoms with Crippen molar-refractivity contribution in [2.24, 2.45) is 0 Å². The Hall–Kier alpha value is -2.02. The molecular weight excluding hydrogens is 320 g/mol. The zero-order chi connectivity index (χ0) is 17.2. The molecule has 0 amide bonds. The van der Waals surface area contributed by atoms with Gasteiger partial charge >= 0.3 is 0 Å². The minimum absolute atomic E-state index is 0.268. The topological polar surface area (TPSA) is 45.0 Å². The van der Waals surface area contributed by atoms with Gasteiger partial charge in [0.05, 0.1) is 12.7 Å². The van der Waals surface area contributed by atoms with Crippen molar-refractivity contribution in [3.63, 3.8) is 0 Å². The van der Waals surface area contributed by atoms with Crippen LogP contribution in [0.25, 0.3) is 0 Å². The molecule has 0 aromatic heterocycles. The van der Waals surface area contributed by atoms with E-state index in [2.05, 4.69) is 30.4 Å². The van der Waals surface area contributed by atoms with Crippen LogP contribution in [0.1, 0.15) is 43.4 Å². The summed E-state index contributed by atoms with van der Waals surface area (Å²) in [5.74, 6) is 0.850. The molecule has 4 heteroatoms. The van der Waals surface area contributed by atoms with Gasteiger partial charge in [0.25, 0.3) is 0 Å². The quantitative estimate of drug-likeness (QED) is 0.632. The second-order valence-corrected chi connectivity index (χ2v) is 6.09. The van der Waals surface area contributed by atoms with E-state index in [0.29, 0.717) is 13.0 Å². The summed E-state index contributed by atoms with van der Waals surface area (Å²) in [7, 11) is 0. The first-order valence-electron chi connectivity index (χ1n) is 8.30. The number of benzene rings is 2. The van der Waals surface area contributed by atoms with E-state index in [1.807, 2.05) is 36.4 Å². The maximum atomic E-state index is 8.54. The lowest BCUT2D eigenvalue weighted by atomic mass is 10.0. The summed E-state index contributed by atoms with van der Waals surface area (Å²) in [4.78, 5) is 0. The maximum Gasteiger partial charge on any atom is 0.119 e. The molecule has 2 aromatic carbocycles. The van der Waals surface area contributed by atoms with Gasteiger partial charge in [-0.2, -0.15) is 5.26 Å². The second kappa shape index (κ2) is 9.97. The molecule has 126 valence electrons. The molecule has 0 saturated heterocycles. The fraction of sp³-hybridized carbons (Fsp3) is 0.350. The van der Waals surface area contributed by atoms with E-state index < -0.39 is 0 Å². The van der Waals surface area contributed by atoms with Crippen LogP contribution in [0.2, 0.25) is 5.02 Å². The molecule has 1 N–H and O–H groups in total. The van der Waals surface area contributed by atoms with Crippen molar-refractivity contribution in [2.45, 2.75) is 38.8 Å². The highest BCUT2D eigenvalue weighted by Crippen LogP contribution is 2.21. The zero-order valence-electron chi connectivity index (χ0n) is 14.0. The first kappa shape index (κ1) is 18.3. The van der Waals surface area contributed by atoms with Crippen molar-refractivity contribution < 1.29 is 4.74 Å². The second-order valence-electron chi connectivity index (χ2n) is 5.65. The van der Waals surface area contributed by atoms with E-state index in [0.717, 1.165) is 30.2 Å². The largest absolute Gasteiger partial charge is 0.494 e. The fourth-order valence-electron chi connectivity index (χ4n) is 2.55. The van der Waals surface area contributed by atoms with Crippen LogP contribution in [0, 0.1) is 11.3 Å². The molecule has 0 spiro atoms. The molecule has 2 rings (SSSR count). The molecule has 0 fully saturated rings. The predicted octanol–water partition coefficient (Wildman–Crippen LogP) is 5.26. The van der Waals surface area contributed by atoms with Gasteiger partial charge in [0, 0.05) is 24.0 Å². The summed E-state index contributed by atoms with van der Waals surface area (Å²) < 4.78 is 5.69. The van der Waals surface area contributed by atoms with Crippen LogP contribution in [-0.4, -0.2) is 6.61 Å². The van der Waals surface area contributed by atoms with Crippen LogP contribution in [0.15, 0.2) is 48.5 Å². The number of hydrogen-bond acceptors (Lipinski definition) is 3. The third kappa shape index (κ3) is 5.88. The highest BCUT2D eigenvalue weighted by atomic mass is 35.5. The van der Waals surface area contributed by atoms with E-state index in [-0.39, 0.29) is 6.04 Å². The van der Waals surface area contributed by atoms with Crippen LogP contribution >= 0.6 is 11.6 Å². The number of rotatable bonds is 9. The third-order valence-electron chi connectivity index (χ3n) is 3.81. The van der Waals surface area contributed by atoms with Gasteiger partial charge in [-0.15, -0.1) is 0 Å². The number of ether oxygens (including phenoxy) is 1. The standard InChI is InChI=1S/C20H23ClN2O/c1-2-20(17-8-6-9-18(21)14-17)23-15-16-7-5-10-19(13-16)24-12-4-3-11-22/h5-10,13-14,20,23H,2-4,12,15H2,1H3. The summed E-state index contributed by atoms with van der Waals surface area (Å²) in [6, 6.07) is 18.5. The lowest BCUT2D eigenvalue weighted by Gasteiger charge is -2.18. The zero-order valence-corrected chi connectivity index (χ0v) is 14.7. The van der Waals surface area contributed by atoms with Crippen LogP contribution in [0.4, 0.5) is 0 Å². The molecule has 0 aliphatic rings. The Balaban J connectivity index is 1.92. The maximum absolute atomic E-state index is 8.54. The highest BCUT2D eigenvalue weighted by molar-refractivity contribution is 6.30. The molecule has 0 aliphatic heterocycles. The monoisotopic (exact) mass is 342 g/mol. The van der Waals surface area contributed by atoms with Crippen molar-refractivity contribution in [3.8, 4) is 11.8 Å². The van der Waals surface area contributed by atoms with Crippen molar-refractivity contribution in [1.82, 2.24) is 5.32 Å². The molecule has 0 saturated carbocycles. The van der Waals surface area contributed by atoms with E-state index >= 15 is 0 Å². The van der Waals surface area contributed by atoms with Gasteiger partial charge in [0.1, 0.15) is 5.75 Å². The van der Waals surface area contributed by atoms with Crippen molar-refractivity contribution in [2.75, 3.05) is 6.61 Å². The molecule has 0 radical (unpaired) electrons. The van der Waals surface area contributed by atoms with Crippen LogP contribution in [-0.2, 0) is 6.54 Å². The van der Waals surface area contributed by atoms with Gasteiger partial charge in [0.15, 0.2) is 0 Å². The summed E-state index contributed by atoms with van der Waals surface area (Å²) in [6.07, 6.45) is 2.27. The van der Waals surface area contributed by atoms with E-state index in [1.54, 1.807) is 0 Å². The van der Waals surface area contributed by atoms with Gasteiger partial charge in [-0.25, -0.2) is 0 Å². The smallest absolute Gasteiger partial charge is 0.119 e. The predicted molar refractivity (Wildman–Crippen MR) is 98.1 cm³/mol. The highest BCUT2D eigenvalue weighted by Gasteiger charge is 2.09. The molecule has 1 unspecified atom stereocenters. The molecule has 0 heterocycles. The summed E-state index contributed by atoms with van der Waals surface area (Å²) in [5, 5.41) is 12.9. The Labute approximate surface area is 149 Å². The number of nitriles is 1.